The summed E-state index contributed by atoms with van der Waals surface area (Å²) in [6, 6.07) is 0. The first-order valence-electron chi connectivity index (χ1n) is 21.2. The van der Waals surface area contributed by atoms with Gasteiger partial charge < -0.3 is 357 Å². The first-order chi connectivity index (χ1) is 33.7. The van der Waals surface area contributed by atoms with Gasteiger partial charge in [-0.15, -0.1) is 0 Å². The van der Waals surface area contributed by atoms with Gasteiger partial charge >= 0.3 is 83.6 Å². The van der Waals surface area contributed by atoms with Crippen LogP contribution in [0.4, 0.5) is 0 Å². The summed E-state index contributed by atoms with van der Waals surface area (Å²) in [6.45, 7) is 20.3. The molecule has 442 valence electrons. The topological polar surface area (TPSA) is 38.9 Å². The van der Waals surface area contributed by atoms with Crippen molar-refractivity contribution in [3.63, 3.8) is 0 Å². The number of nitrogens with zero attached hydrogens (tertiary/aromatic N) is 12. The van der Waals surface area contributed by atoms with Gasteiger partial charge in [0.2, 0.25) is 0 Å². The van der Waals surface area contributed by atoms with Crippen molar-refractivity contribution in [2.45, 2.75) is 0 Å². The SMILES string of the molecule is S=C([S-])N1CCN(C(=S)[S-])CC1.S=C([S-])N1CCN(C(=S)[S-])CC1.S=C([S-])N1CCN(C(=S)[S-])CC1.S=C([S-])N1CCN(C(=S)[S-])CC1.S=C([S-])N1CCN(C(=S)[S-])CC1.S=C([S-])N1CCN(C(=S)[S-])CC1.[Fe+3].[Fe+3].[Ni+2].[Ni+2].[Ni+2]. The predicted octanol–water partition coefficient (Wildman–Crippen LogP) is 1.59. The van der Waals surface area contributed by atoms with E-state index < -0.39 is 0 Å². The van der Waals surface area contributed by atoms with Crippen molar-refractivity contribution in [1.82, 2.24) is 58.8 Å². The molecular formula is C36H48Fe2N12Ni3S24. The van der Waals surface area contributed by atoms with Gasteiger partial charge in [0.15, 0.2) is 0 Å². The van der Waals surface area contributed by atoms with Gasteiger partial charge in [-0.2, -0.15) is 0 Å². The molecule has 6 saturated heterocycles. The Morgan fingerprint density at radius 3 is 0.221 bits per heavy atom. The molecule has 12 nitrogen and oxygen atoms in total. The molecular weight excluding hydrogens is 1660 g/mol. The molecule has 6 fully saturated rings. The fourth-order valence-corrected chi connectivity index (χ4v) is 10.8. The average molecular weight is 1710 g/mol. The summed E-state index contributed by atoms with van der Waals surface area (Å²) in [5, 5.41) is 0. The third-order valence-corrected chi connectivity index (χ3v) is 17.0. The third kappa shape index (κ3) is 38.7. The van der Waals surface area contributed by atoms with E-state index in [-0.39, 0.29) is 83.6 Å². The Balaban J connectivity index is -0.000000266. The van der Waals surface area contributed by atoms with Gasteiger partial charge in [0.1, 0.15) is 0 Å². The summed E-state index contributed by atoms with van der Waals surface area (Å²) < 4.78 is 6.55. The largest absolute Gasteiger partial charge is 3.00 e. The van der Waals surface area contributed by atoms with Gasteiger partial charge in [0.05, 0.1) is 0 Å². The van der Waals surface area contributed by atoms with E-state index in [0.29, 0.717) is 51.8 Å². The van der Waals surface area contributed by atoms with Crippen LogP contribution in [0.15, 0.2) is 0 Å². The second-order valence-electron chi connectivity index (χ2n) is 15.0. The molecule has 0 bridgehead atoms. The summed E-state index contributed by atoms with van der Waals surface area (Å²) >= 11 is 117. The number of rotatable bonds is 0. The van der Waals surface area contributed by atoms with Crippen molar-refractivity contribution < 1.29 is 83.6 Å². The number of hydrogen-bond acceptors (Lipinski definition) is 24. The molecule has 0 N–H and O–H groups in total. The van der Waals surface area contributed by atoms with Crippen LogP contribution < -0.4 is 0 Å². The molecule has 0 atom stereocenters. The minimum Gasteiger partial charge on any atom is -0.411 e. The van der Waals surface area contributed by atoms with Crippen molar-refractivity contribution in [2.24, 2.45) is 0 Å². The Bertz CT molecular complexity index is 1430. The van der Waals surface area contributed by atoms with Gasteiger partial charge in [-0.1, -0.05) is 51.8 Å². The molecule has 6 heterocycles. The summed E-state index contributed by atoms with van der Waals surface area (Å²) in [5.41, 5.74) is 0. The van der Waals surface area contributed by atoms with Crippen LogP contribution in [0.3, 0.4) is 0 Å². The zero-order valence-electron chi connectivity index (χ0n) is 39.8. The second-order valence-corrected chi connectivity index (χ2v) is 27.4. The molecule has 0 aromatic heterocycles. The van der Waals surface area contributed by atoms with Gasteiger partial charge in [-0.25, -0.2) is 0 Å². The van der Waals surface area contributed by atoms with Gasteiger partial charge in [-0.05, 0) is 0 Å². The molecule has 0 amide bonds. The van der Waals surface area contributed by atoms with Crippen molar-refractivity contribution in [3.05, 3.63) is 0 Å². The third-order valence-electron chi connectivity index (χ3n) is 10.8. The summed E-state index contributed by atoms with van der Waals surface area (Å²) in [7, 11) is 0. The molecule has 6 aliphatic rings. The van der Waals surface area contributed by atoms with Gasteiger partial charge in [0.25, 0.3) is 0 Å². The summed E-state index contributed by atoms with van der Waals surface area (Å²) in [6.07, 6.45) is 0. The van der Waals surface area contributed by atoms with Crippen LogP contribution in [0.2, 0.25) is 0 Å². The quantitative estimate of drug-likeness (QED) is 0.200. The van der Waals surface area contributed by atoms with Gasteiger partial charge in [0, 0.05) is 157 Å². The smallest absolute Gasteiger partial charge is 0.411 e. The van der Waals surface area contributed by atoms with Crippen LogP contribution >= 0.6 is 147 Å². The zero-order valence-corrected chi connectivity index (χ0v) is 64.6. The first kappa shape index (κ1) is 89.6. The zero-order chi connectivity index (χ0) is 54.8. The van der Waals surface area contributed by atoms with Crippen molar-refractivity contribution >= 4 is 350 Å². The summed E-state index contributed by atoms with van der Waals surface area (Å²) in [4.78, 5) is 23.9. The van der Waals surface area contributed by atoms with Crippen LogP contribution in [0.25, 0.3) is 0 Å². The number of thiocarbonyl (C=S) groups is 12. The van der Waals surface area contributed by atoms with E-state index in [1.54, 1.807) is 0 Å². The van der Waals surface area contributed by atoms with E-state index in [9.17, 15) is 0 Å². The van der Waals surface area contributed by atoms with E-state index in [0.717, 1.165) is 157 Å². The average Bonchev–Trinajstić information content (AvgIpc) is 3.35. The van der Waals surface area contributed by atoms with Crippen LogP contribution in [0.1, 0.15) is 0 Å². The molecule has 0 spiro atoms. The van der Waals surface area contributed by atoms with Crippen molar-refractivity contribution in [2.75, 3.05) is 157 Å². The van der Waals surface area contributed by atoms with Crippen LogP contribution in [0.5, 0.6) is 0 Å². The second kappa shape index (κ2) is 49.8. The molecule has 77 heavy (non-hydrogen) atoms. The molecule has 0 saturated carbocycles. The minimum absolute atomic E-state index is 0. The van der Waals surface area contributed by atoms with Crippen molar-refractivity contribution in [1.29, 1.82) is 0 Å². The molecule has 0 aromatic carbocycles. The standard InChI is InChI=1S/6C6H10N2S4.2Fe.3Ni/c6*9-5(10)7-1-2-8(4-3-7)6(11)12;;;;;/h6*1-4H2,(H,9,10)(H,11,12);;;;;/q;;;;;;2*+3;3*+2/p-12. The summed E-state index contributed by atoms with van der Waals surface area (Å²) in [5.74, 6) is 0. The van der Waals surface area contributed by atoms with Crippen LogP contribution in [-0.4, -0.2) is 268 Å². The maximum absolute atomic E-state index is 4.88. The Morgan fingerprint density at radius 2 is 0.195 bits per heavy atom. The Labute approximate surface area is 639 Å². The fraction of sp³-hybridized carbons (Fsp3) is 0.667. The van der Waals surface area contributed by atoms with E-state index in [2.05, 4.69) is 0 Å². The molecule has 0 aromatic rings. The normalized spacial score (nSPS) is 16.5. The maximum Gasteiger partial charge on any atom is 3.00 e. The van der Waals surface area contributed by atoms with Crippen molar-refractivity contribution in [3.8, 4) is 0 Å². The van der Waals surface area contributed by atoms with Crippen LogP contribution in [0, 0.1) is 0 Å². The Kier molecular flexibility index (Phi) is 57.9. The Morgan fingerprint density at radius 1 is 0.156 bits per heavy atom. The van der Waals surface area contributed by atoms with E-state index in [1.807, 2.05) is 58.8 Å². The Hall–Kier alpha value is 3.84. The van der Waals surface area contributed by atoms with E-state index >= 15 is 0 Å². The fourth-order valence-electron chi connectivity index (χ4n) is 6.43. The molecule has 0 unspecified atom stereocenters. The maximum atomic E-state index is 4.88. The number of hydrogen-bond donors (Lipinski definition) is 0. The van der Waals surface area contributed by atoms with Gasteiger partial charge in [-0.3, -0.25) is 0 Å². The number of piperazine rings is 6. The first-order valence-corrected chi connectivity index (χ1v) is 31.0. The minimum atomic E-state index is 0. The molecule has 2 radical (unpaired) electrons. The van der Waals surface area contributed by atoms with Crippen LogP contribution in [-0.2, 0) is 235 Å². The predicted molar refractivity (Wildman–Crippen MR) is 378 cm³/mol. The molecule has 41 heteroatoms. The molecule has 0 aliphatic carbocycles. The van der Waals surface area contributed by atoms with E-state index in [4.69, 9.17) is 298 Å². The van der Waals surface area contributed by atoms with E-state index in [1.165, 1.54) is 0 Å². The molecule has 6 aliphatic heterocycles. The molecule has 6 rings (SSSR count). The monoisotopic (exact) mass is 1700 g/mol.